The van der Waals surface area contributed by atoms with Gasteiger partial charge in [0, 0.05) is 38.3 Å². The highest BCUT2D eigenvalue weighted by molar-refractivity contribution is 6.27. The fraction of sp³-hybridized carbons (Fsp3) is 0.296. The Labute approximate surface area is 214 Å². The van der Waals surface area contributed by atoms with Gasteiger partial charge in [0.2, 0.25) is 0 Å². The second-order valence-electron chi connectivity index (χ2n) is 8.22. The monoisotopic (exact) mass is 510 g/mol. The van der Waals surface area contributed by atoms with E-state index in [-0.39, 0.29) is 12.5 Å². The number of piperazine rings is 1. The number of carbonyl (C=O) groups excluding carboxylic acids is 1. The molecular weight excluding hydrogens is 480 g/mol. The first-order valence-electron chi connectivity index (χ1n) is 11.6. The summed E-state index contributed by atoms with van der Waals surface area (Å²) in [6.07, 6.45) is 0. The molecule has 1 fully saturated rings. The average molecular weight is 511 g/mol. The second-order valence-corrected chi connectivity index (χ2v) is 8.22. The largest absolute Gasteiger partial charge is 0.493 e. The lowest BCUT2D eigenvalue weighted by atomic mass is 10.1. The summed E-state index contributed by atoms with van der Waals surface area (Å²) in [5.74, 6) is -1.40. The lowest BCUT2D eigenvalue weighted by molar-refractivity contribution is -0.159. The molecule has 1 heterocycles. The quantitative estimate of drug-likeness (QED) is 0.462. The fourth-order valence-corrected chi connectivity index (χ4v) is 3.97. The minimum atomic E-state index is -1.82. The SMILES string of the molecule is COc1cccc(CN2CCN(C(=O)COc3ccc4ccccc4c3)CC2)c1OC.O=C(O)C(=O)O. The highest BCUT2D eigenvalue weighted by Crippen LogP contribution is 2.31. The highest BCUT2D eigenvalue weighted by atomic mass is 16.5. The molecule has 1 amide bonds. The van der Waals surface area contributed by atoms with E-state index >= 15 is 0 Å². The molecule has 1 saturated heterocycles. The summed E-state index contributed by atoms with van der Waals surface area (Å²) >= 11 is 0. The number of nitrogens with zero attached hydrogens (tertiary/aromatic N) is 2. The summed E-state index contributed by atoms with van der Waals surface area (Å²) in [5.41, 5.74) is 1.08. The Balaban J connectivity index is 0.000000568. The zero-order chi connectivity index (χ0) is 26.8. The molecule has 37 heavy (non-hydrogen) atoms. The Morgan fingerprint density at radius 3 is 2.11 bits per heavy atom. The van der Waals surface area contributed by atoms with Crippen LogP contribution in [0.2, 0.25) is 0 Å². The topological polar surface area (TPSA) is 126 Å². The predicted molar refractivity (Wildman–Crippen MR) is 136 cm³/mol. The van der Waals surface area contributed by atoms with E-state index in [2.05, 4.69) is 17.0 Å². The van der Waals surface area contributed by atoms with Gasteiger partial charge in [-0.15, -0.1) is 0 Å². The van der Waals surface area contributed by atoms with Crippen LogP contribution in [0.1, 0.15) is 5.56 Å². The Hall–Kier alpha value is -4.31. The molecule has 1 aliphatic rings. The number of carboxylic acids is 2. The number of fused-ring (bicyclic) bond motifs is 1. The Bertz CT molecular complexity index is 1230. The van der Waals surface area contributed by atoms with E-state index in [1.54, 1.807) is 14.2 Å². The predicted octanol–water partition coefficient (Wildman–Crippen LogP) is 2.74. The molecule has 0 unspecified atom stereocenters. The second kappa shape index (κ2) is 13.1. The van der Waals surface area contributed by atoms with Gasteiger partial charge >= 0.3 is 11.9 Å². The van der Waals surface area contributed by atoms with Crippen molar-refractivity contribution in [3.63, 3.8) is 0 Å². The first kappa shape index (κ1) is 27.3. The number of carboxylic acid groups (broad SMARTS) is 2. The maximum atomic E-state index is 12.6. The molecule has 4 rings (SSSR count). The lowest BCUT2D eigenvalue weighted by Gasteiger charge is -2.35. The number of hydrogen-bond acceptors (Lipinski definition) is 7. The number of rotatable bonds is 7. The number of carbonyl (C=O) groups is 3. The van der Waals surface area contributed by atoms with Crippen LogP contribution in [0.4, 0.5) is 0 Å². The molecule has 3 aromatic rings. The van der Waals surface area contributed by atoms with E-state index < -0.39 is 11.9 Å². The van der Waals surface area contributed by atoms with Crippen molar-refractivity contribution in [1.82, 2.24) is 9.80 Å². The number of para-hydroxylation sites is 1. The van der Waals surface area contributed by atoms with Gasteiger partial charge in [-0.1, -0.05) is 42.5 Å². The highest BCUT2D eigenvalue weighted by Gasteiger charge is 2.22. The molecule has 1 aliphatic heterocycles. The molecule has 0 bridgehead atoms. The molecule has 2 N–H and O–H groups in total. The maximum Gasteiger partial charge on any atom is 0.414 e. The third-order valence-corrected chi connectivity index (χ3v) is 5.87. The molecule has 0 atom stereocenters. The van der Waals surface area contributed by atoms with Gasteiger partial charge in [0.05, 0.1) is 14.2 Å². The van der Waals surface area contributed by atoms with Crippen molar-refractivity contribution in [3.05, 3.63) is 66.2 Å². The van der Waals surface area contributed by atoms with Crippen molar-refractivity contribution in [3.8, 4) is 17.2 Å². The van der Waals surface area contributed by atoms with Crippen LogP contribution in [-0.4, -0.2) is 84.9 Å². The number of hydrogen-bond donors (Lipinski definition) is 2. The smallest absolute Gasteiger partial charge is 0.414 e. The lowest BCUT2D eigenvalue weighted by Crippen LogP contribution is -2.49. The van der Waals surface area contributed by atoms with Gasteiger partial charge in [-0.2, -0.15) is 0 Å². The molecule has 0 aliphatic carbocycles. The molecule has 0 spiro atoms. The number of amides is 1. The Morgan fingerprint density at radius 1 is 0.811 bits per heavy atom. The van der Waals surface area contributed by atoms with Crippen LogP contribution in [0, 0.1) is 0 Å². The van der Waals surface area contributed by atoms with E-state index in [1.165, 1.54) is 0 Å². The summed E-state index contributed by atoms with van der Waals surface area (Å²) in [5, 5.41) is 17.0. The summed E-state index contributed by atoms with van der Waals surface area (Å²) < 4.78 is 16.7. The molecule has 10 heteroatoms. The molecule has 0 aromatic heterocycles. The van der Waals surface area contributed by atoms with E-state index in [4.69, 9.17) is 34.0 Å². The molecule has 196 valence electrons. The van der Waals surface area contributed by atoms with Gasteiger partial charge in [-0.05, 0) is 29.0 Å². The van der Waals surface area contributed by atoms with Crippen LogP contribution in [0.25, 0.3) is 10.8 Å². The summed E-state index contributed by atoms with van der Waals surface area (Å²) in [6, 6.07) is 19.9. The van der Waals surface area contributed by atoms with Crippen LogP contribution in [0.3, 0.4) is 0 Å². The van der Waals surface area contributed by atoms with Crippen LogP contribution in [-0.2, 0) is 20.9 Å². The van der Waals surface area contributed by atoms with Gasteiger partial charge in [0.15, 0.2) is 18.1 Å². The number of aliphatic carboxylic acids is 2. The van der Waals surface area contributed by atoms with Gasteiger partial charge in [-0.25, -0.2) is 9.59 Å². The summed E-state index contributed by atoms with van der Waals surface area (Å²) in [6.45, 7) is 3.81. The van der Waals surface area contributed by atoms with Crippen molar-refractivity contribution in [2.24, 2.45) is 0 Å². The summed E-state index contributed by atoms with van der Waals surface area (Å²) in [7, 11) is 3.31. The van der Waals surface area contributed by atoms with Crippen molar-refractivity contribution in [2.75, 3.05) is 47.0 Å². The Morgan fingerprint density at radius 2 is 1.49 bits per heavy atom. The minimum Gasteiger partial charge on any atom is -0.493 e. The van der Waals surface area contributed by atoms with Gasteiger partial charge in [-0.3, -0.25) is 9.69 Å². The number of benzene rings is 3. The van der Waals surface area contributed by atoms with Crippen molar-refractivity contribution < 1.29 is 38.8 Å². The van der Waals surface area contributed by atoms with Crippen LogP contribution in [0.15, 0.2) is 60.7 Å². The molecule has 10 nitrogen and oxygen atoms in total. The van der Waals surface area contributed by atoms with Gasteiger partial charge in [0.1, 0.15) is 5.75 Å². The van der Waals surface area contributed by atoms with Crippen molar-refractivity contribution in [2.45, 2.75) is 6.54 Å². The molecule has 3 aromatic carbocycles. The number of ether oxygens (including phenoxy) is 3. The van der Waals surface area contributed by atoms with Crippen molar-refractivity contribution in [1.29, 1.82) is 0 Å². The van der Waals surface area contributed by atoms with E-state index in [1.807, 2.05) is 53.4 Å². The normalized spacial score (nSPS) is 13.3. The third-order valence-electron chi connectivity index (χ3n) is 5.87. The average Bonchev–Trinajstić information content (AvgIpc) is 2.92. The van der Waals surface area contributed by atoms with Crippen LogP contribution >= 0.6 is 0 Å². The first-order valence-corrected chi connectivity index (χ1v) is 11.6. The zero-order valence-corrected chi connectivity index (χ0v) is 20.8. The fourth-order valence-electron chi connectivity index (χ4n) is 3.97. The third kappa shape index (κ3) is 7.58. The van der Waals surface area contributed by atoms with Crippen molar-refractivity contribution >= 4 is 28.6 Å². The van der Waals surface area contributed by atoms with Crippen LogP contribution < -0.4 is 14.2 Å². The maximum absolute atomic E-state index is 12.6. The summed E-state index contributed by atoms with van der Waals surface area (Å²) in [4.78, 5) is 35.0. The molecule has 0 saturated carbocycles. The van der Waals surface area contributed by atoms with E-state index in [0.29, 0.717) is 13.1 Å². The minimum absolute atomic E-state index is 0.0202. The Kier molecular flexibility index (Phi) is 9.68. The van der Waals surface area contributed by atoms with Crippen LogP contribution in [0.5, 0.6) is 17.2 Å². The van der Waals surface area contributed by atoms with Gasteiger partial charge in [0.25, 0.3) is 5.91 Å². The van der Waals surface area contributed by atoms with Gasteiger partial charge < -0.3 is 29.3 Å². The zero-order valence-electron chi connectivity index (χ0n) is 20.8. The molecular formula is C27H30N2O8. The number of methoxy groups -OCH3 is 2. The van der Waals surface area contributed by atoms with E-state index in [0.717, 1.165) is 53.2 Å². The standard InChI is InChI=1S/C25H28N2O4.C2H2O4/c1-29-23-9-5-8-21(25(23)30-2)17-26-12-14-27(15-13-26)24(28)18-31-22-11-10-19-6-3-4-7-20(19)16-22;3-1(4)2(5)6/h3-11,16H,12-15,17-18H2,1-2H3;(H,3,4)(H,5,6). The molecule has 0 radical (unpaired) electrons. The first-order chi connectivity index (χ1) is 17.8. The van der Waals surface area contributed by atoms with E-state index in [9.17, 15) is 4.79 Å².